The highest BCUT2D eigenvalue weighted by Crippen LogP contribution is 2.39. The van der Waals surface area contributed by atoms with E-state index in [0.29, 0.717) is 61.0 Å². The molecule has 1 saturated heterocycles. The highest BCUT2D eigenvalue weighted by Gasteiger charge is 2.30. The van der Waals surface area contributed by atoms with E-state index in [0.717, 1.165) is 19.4 Å². The fourth-order valence-corrected chi connectivity index (χ4v) is 5.90. The quantitative estimate of drug-likeness (QED) is 0.398. The smallest absolute Gasteiger partial charge is 0.225 e. The van der Waals surface area contributed by atoms with Gasteiger partial charge in [0.05, 0.1) is 21.9 Å². The molecule has 202 valence electrons. The molecule has 4 N–H and O–H groups in total. The Labute approximate surface area is 229 Å². The summed E-state index contributed by atoms with van der Waals surface area (Å²) in [5.74, 6) is -0.0826. The highest BCUT2D eigenvalue weighted by molar-refractivity contribution is 6.39. The summed E-state index contributed by atoms with van der Waals surface area (Å²) in [6.07, 6.45) is 6.13. The van der Waals surface area contributed by atoms with Crippen molar-refractivity contribution in [3.8, 4) is 0 Å². The van der Waals surface area contributed by atoms with E-state index < -0.39 is 5.82 Å². The molecule has 2 aromatic heterocycles. The van der Waals surface area contributed by atoms with Gasteiger partial charge >= 0.3 is 0 Å². The molecule has 38 heavy (non-hydrogen) atoms. The normalized spacial score (nSPS) is 21.9. The van der Waals surface area contributed by atoms with Crippen molar-refractivity contribution in [2.24, 2.45) is 11.7 Å². The van der Waals surface area contributed by atoms with Crippen LogP contribution in [0.25, 0.3) is 11.2 Å². The number of nitrogens with one attached hydrogen (secondary N) is 2. The third-order valence-corrected chi connectivity index (χ3v) is 7.94. The van der Waals surface area contributed by atoms with Crippen molar-refractivity contribution in [2.75, 3.05) is 23.7 Å². The number of likely N-dealkylation sites (tertiary alicyclic amines) is 1. The number of carbonyl (C=O) groups is 2. The molecule has 0 unspecified atom stereocenters. The molecule has 1 atom stereocenters. The van der Waals surface area contributed by atoms with Gasteiger partial charge in [-0.05, 0) is 50.7 Å². The van der Waals surface area contributed by atoms with Crippen LogP contribution in [0.2, 0.25) is 10.0 Å². The van der Waals surface area contributed by atoms with Crippen LogP contribution in [-0.4, -0.2) is 55.4 Å². The molecule has 3 heterocycles. The first-order chi connectivity index (χ1) is 18.2. The van der Waals surface area contributed by atoms with E-state index >= 15 is 0 Å². The number of fused-ring (bicyclic) bond motifs is 1. The predicted molar refractivity (Wildman–Crippen MR) is 144 cm³/mol. The Kier molecular flexibility index (Phi) is 7.58. The van der Waals surface area contributed by atoms with Crippen LogP contribution in [-0.2, 0) is 9.59 Å². The van der Waals surface area contributed by atoms with Crippen molar-refractivity contribution >= 4 is 63.8 Å². The lowest BCUT2D eigenvalue weighted by Gasteiger charge is -2.32. The lowest BCUT2D eigenvalue weighted by atomic mass is 9.85. The fourth-order valence-electron chi connectivity index (χ4n) is 5.35. The van der Waals surface area contributed by atoms with E-state index in [9.17, 15) is 14.0 Å². The van der Waals surface area contributed by atoms with Crippen molar-refractivity contribution < 1.29 is 14.0 Å². The lowest BCUT2D eigenvalue weighted by Crippen LogP contribution is -2.44. The summed E-state index contributed by atoms with van der Waals surface area (Å²) < 4.78 is 15.8. The standard InChI is InChI=1S/C25H29Cl2FN8O2/c1-13(37)35-8-2-3-16(12-35)31-24-30-11-20-23(34-24)36(17-6-4-14(5-7-17)22(29)38)25(32-20)33-21-18(26)9-15(28)10-19(21)27/h9-11,14,16-17H,2-8,12H2,1H3,(H2,29,38)(H,32,33)(H,30,31,34)/t14?,16-,17?/m1/s1. The van der Waals surface area contributed by atoms with Gasteiger partial charge in [0.15, 0.2) is 5.65 Å². The Hall–Kier alpha value is -3.18. The van der Waals surface area contributed by atoms with Crippen molar-refractivity contribution in [1.29, 1.82) is 0 Å². The number of halogens is 3. The van der Waals surface area contributed by atoms with Crippen molar-refractivity contribution in [3.63, 3.8) is 0 Å². The number of carbonyl (C=O) groups excluding carboxylic acids is 2. The second-order valence-corrected chi connectivity index (χ2v) is 10.7. The molecular weight excluding hydrogens is 534 g/mol. The lowest BCUT2D eigenvalue weighted by molar-refractivity contribution is -0.129. The maximum Gasteiger partial charge on any atom is 0.225 e. The Bertz CT molecular complexity index is 1350. The molecule has 1 aromatic carbocycles. The van der Waals surface area contributed by atoms with Gasteiger partial charge in [0.25, 0.3) is 0 Å². The number of imidazole rings is 1. The van der Waals surface area contributed by atoms with Gasteiger partial charge in [-0.15, -0.1) is 0 Å². The summed E-state index contributed by atoms with van der Waals surface area (Å²) in [7, 11) is 0. The first-order valence-electron chi connectivity index (χ1n) is 12.7. The number of aromatic nitrogens is 4. The van der Waals surface area contributed by atoms with Gasteiger partial charge in [0.2, 0.25) is 23.7 Å². The third-order valence-electron chi connectivity index (χ3n) is 7.34. The molecule has 2 amide bonds. The Morgan fingerprint density at radius 3 is 2.47 bits per heavy atom. The maximum absolute atomic E-state index is 13.8. The van der Waals surface area contributed by atoms with Crippen LogP contribution in [0, 0.1) is 11.7 Å². The summed E-state index contributed by atoms with van der Waals surface area (Å²) in [5, 5.41) is 6.78. The average molecular weight is 563 g/mol. The largest absolute Gasteiger partial charge is 0.369 e. The van der Waals surface area contributed by atoms with Crippen LogP contribution in [0.5, 0.6) is 0 Å². The molecule has 0 bridgehead atoms. The van der Waals surface area contributed by atoms with E-state index in [2.05, 4.69) is 15.6 Å². The van der Waals surface area contributed by atoms with E-state index in [1.807, 2.05) is 9.47 Å². The molecule has 2 fully saturated rings. The number of benzene rings is 1. The molecular formula is C25H29Cl2FN8O2. The van der Waals surface area contributed by atoms with Gasteiger partial charge in [0, 0.05) is 38.0 Å². The van der Waals surface area contributed by atoms with Crippen LogP contribution in [0.1, 0.15) is 51.5 Å². The number of primary amides is 1. The summed E-state index contributed by atoms with van der Waals surface area (Å²) in [5.41, 5.74) is 7.03. The molecule has 2 aliphatic rings. The summed E-state index contributed by atoms with van der Waals surface area (Å²) in [4.78, 5) is 39.4. The monoisotopic (exact) mass is 562 g/mol. The van der Waals surface area contributed by atoms with Gasteiger partial charge in [-0.25, -0.2) is 14.4 Å². The zero-order chi connectivity index (χ0) is 27.0. The van der Waals surface area contributed by atoms with Crippen LogP contribution in [0.3, 0.4) is 0 Å². The van der Waals surface area contributed by atoms with Crippen LogP contribution < -0.4 is 16.4 Å². The number of nitrogens with two attached hydrogens (primary N) is 1. The summed E-state index contributed by atoms with van der Waals surface area (Å²) in [6.45, 7) is 2.91. The predicted octanol–water partition coefficient (Wildman–Crippen LogP) is 4.66. The van der Waals surface area contributed by atoms with Crippen LogP contribution >= 0.6 is 23.2 Å². The van der Waals surface area contributed by atoms with Gasteiger partial charge in [-0.2, -0.15) is 4.98 Å². The third kappa shape index (κ3) is 5.49. The zero-order valence-electron chi connectivity index (χ0n) is 20.9. The minimum Gasteiger partial charge on any atom is -0.369 e. The highest BCUT2D eigenvalue weighted by atomic mass is 35.5. The first kappa shape index (κ1) is 26.4. The number of rotatable bonds is 6. The Balaban J connectivity index is 1.50. The van der Waals surface area contributed by atoms with Gasteiger partial charge in [-0.3, -0.25) is 14.2 Å². The van der Waals surface area contributed by atoms with Gasteiger partial charge in [-0.1, -0.05) is 23.2 Å². The van der Waals surface area contributed by atoms with Gasteiger partial charge < -0.3 is 21.3 Å². The molecule has 3 aromatic rings. The Morgan fingerprint density at radius 2 is 1.82 bits per heavy atom. The average Bonchev–Trinajstić information content (AvgIpc) is 3.23. The fraction of sp³-hybridized carbons (Fsp3) is 0.480. The molecule has 0 spiro atoms. The van der Waals surface area contributed by atoms with Crippen molar-refractivity contribution in [1.82, 2.24) is 24.4 Å². The molecule has 10 nitrogen and oxygen atoms in total. The molecule has 1 saturated carbocycles. The minimum atomic E-state index is -0.545. The molecule has 1 aliphatic heterocycles. The molecule has 1 aliphatic carbocycles. The van der Waals surface area contributed by atoms with E-state index in [1.165, 1.54) is 12.1 Å². The number of amides is 2. The number of piperidine rings is 1. The number of nitrogens with zero attached hydrogens (tertiary/aromatic N) is 5. The minimum absolute atomic E-state index is 0.0262. The molecule has 13 heteroatoms. The Morgan fingerprint density at radius 1 is 1.11 bits per heavy atom. The molecule has 5 rings (SSSR count). The van der Waals surface area contributed by atoms with Crippen molar-refractivity contribution in [3.05, 3.63) is 34.2 Å². The van der Waals surface area contributed by atoms with Crippen LogP contribution in [0.4, 0.5) is 22.0 Å². The SMILES string of the molecule is CC(=O)N1CCC[C@@H](Nc2ncc3nc(Nc4c(Cl)cc(F)cc4Cl)n(C4CCC(C(N)=O)CC4)c3n2)C1. The second kappa shape index (κ2) is 10.9. The first-order valence-corrected chi connectivity index (χ1v) is 13.4. The number of anilines is 3. The zero-order valence-corrected chi connectivity index (χ0v) is 22.4. The summed E-state index contributed by atoms with van der Waals surface area (Å²) in [6, 6.07) is 2.36. The second-order valence-electron chi connectivity index (χ2n) is 9.93. The van der Waals surface area contributed by atoms with E-state index in [4.69, 9.17) is 38.9 Å². The number of hydrogen-bond acceptors (Lipinski definition) is 7. The van der Waals surface area contributed by atoms with Gasteiger partial charge in [0.1, 0.15) is 11.3 Å². The summed E-state index contributed by atoms with van der Waals surface area (Å²) >= 11 is 12.6. The number of hydrogen-bond donors (Lipinski definition) is 3. The maximum atomic E-state index is 13.8. The topological polar surface area (TPSA) is 131 Å². The molecule has 0 radical (unpaired) electrons. The van der Waals surface area contributed by atoms with E-state index in [-0.39, 0.29) is 39.9 Å². The van der Waals surface area contributed by atoms with Crippen molar-refractivity contribution in [2.45, 2.75) is 57.5 Å². The van der Waals surface area contributed by atoms with Crippen LogP contribution in [0.15, 0.2) is 18.3 Å². The van der Waals surface area contributed by atoms with E-state index in [1.54, 1.807) is 13.1 Å².